The van der Waals surface area contributed by atoms with Crippen LogP contribution in [0.4, 0.5) is 0 Å². The molecule has 17 heavy (non-hydrogen) atoms. The van der Waals surface area contributed by atoms with Gasteiger partial charge in [0.1, 0.15) is 0 Å². The molecule has 0 aliphatic carbocycles. The molecule has 2 rings (SSSR count). The minimum Gasteiger partial charge on any atom is -0.351 e. The van der Waals surface area contributed by atoms with Crippen molar-refractivity contribution in [1.29, 1.82) is 0 Å². The van der Waals surface area contributed by atoms with Crippen LogP contribution in [0.15, 0.2) is 14.3 Å². The number of piperidine rings is 1. The number of halogens is 2. The molecule has 94 valence electrons. The minimum atomic E-state index is 0.0277. The third-order valence-electron chi connectivity index (χ3n) is 2.88. The van der Waals surface area contributed by atoms with Gasteiger partial charge in [0.15, 0.2) is 0 Å². The van der Waals surface area contributed by atoms with Gasteiger partial charge in [0.2, 0.25) is 0 Å². The lowest BCUT2D eigenvalue weighted by Crippen LogP contribution is -2.35. The highest BCUT2D eigenvalue weighted by Crippen LogP contribution is 2.32. The van der Waals surface area contributed by atoms with Crippen LogP contribution in [-0.4, -0.2) is 25.5 Å². The van der Waals surface area contributed by atoms with Crippen molar-refractivity contribution in [3.05, 3.63) is 19.2 Å². The van der Waals surface area contributed by atoms with Crippen molar-refractivity contribution in [2.75, 3.05) is 19.6 Å². The molecule has 2 heterocycles. The largest absolute Gasteiger partial charge is 0.351 e. The lowest BCUT2D eigenvalue weighted by Gasteiger charge is -2.22. The van der Waals surface area contributed by atoms with Crippen LogP contribution in [0.2, 0.25) is 0 Å². The van der Waals surface area contributed by atoms with E-state index in [0.29, 0.717) is 5.92 Å². The summed E-state index contributed by atoms with van der Waals surface area (Å²) < 4.78 is 1.90. The molecular formula is C11H14Br2N2OS. The van der Waals surface area contributed by atoms with Gasteiger partial charge in [0, 0.05) is 11.0 Å². The van der Waals surface area contributed by atoms with E-state index >= 15 is 0 Å². The molecule has 1 aliphatic rings. The smallest absolute Gasteiger partial charge is 0.261 e. The van der Waals surface area contributed by atoms with E-state index in [-0.39, 0.29) is 5.91 Å². The van der Waals surface area contributed by atoms with Gasteiger partial charge in [-0.15, -0.1) is 11.3 Å². The van der Waals surface area contributed by atoms with Crippen LogP contribution in [0.1, 0.15) is 22.5 Å². The Morgan fingerprint density at radius 3 is 2.76 bits per heavy atom. The number of hydrogen-bond donors (Lipinski definition) is 2. The van der Waals surface area contributed by atoms with Crippen LogP contribution in [0.25, 0.3) is 0 Å². The summed E-state index contributed by atoms with van der Waals surface area (Å²) in [5.41, 5.74) is 0. The quantitative estimate of drug-likeness (QED) is 0.844. The second kappa shape index (κ2) is 6.31. The van der Waals surface area contributed by atoms with Crippen molar-refractivity contribution in [1.82, 2.24) is 10.6 Å². The van der Waals surface area contributed by atoms with Gasteiger partial charge in [-0.1, -0.05) is 0 Å². The molecule has 1 fully saturated rings. The SMILES string of the molecule is O=C(NCC1CCNCC1)c1cc(Br)c(Br)s1. The molecule has 1 aliphatic heterocycles. The molecule has 3 nitrogen and oxygen atoms in total. The Balaban J connectivity index is 1.84. The zero-order valence-corrected chi connectivity index (χ0v) is 13.3. The van der Waals surface area contributed by atoms with Gasteiger partial charge in [0.25, 0.3) is 5.91 Å². The number of thiophene rings is 1. The molecule has 0 radical (unpaired) electrons. The summed E-state index contributed by atoms with van der Waals surface area (Å²) in [7, 11) is 0. The van der Waals surface area contributed by atoms with E-state index in [2.05, 4.69) is 42.5 Å². The Morgan fingerprint density at radius 1 is 1.47 bits per heavy atom. The fraction of sp³-hybridized carbons (Fsp3) is 0.545. The van der Waals surface area contributed by atoms with Gasteiger partial charge in [-0.3, -0.25) is 4.79 Å². The first-order valence-corrected chi connectivity index (χ1v) is 8.01. The second-order valence-corrected chi connectivity index (χ2v) is 7.36. The van der Waals surface area contributed by atoms with Crippen molar-refractivity contribution in [3.63, 3.8) is 0 Å². The summed E-state index contributed by atoms with van der Waals surface area (Å²) in [4.78, 5) is 12.6. The van der Waals surface area contributed by atoms with Crippen LogP contribution in [0.5, 0.6) is 0 Å². The predicted molar refractivity (Wildman–Crippen MR) is 77.6 cm³/mol. The molecule has 1 amide bonds. The maximum absolute atomic E-state index is 11.9. The summed E-state index contributed by atoms with van der Waals surface area (Å²) in [5, 5.41) is 6.33. The Hall–Kier alpha value is 0.0900. The monoisotopic (exact) mass is 380 g/mol. The summed E-state index contributed by atoms with van der Waals surface area (Å²) >= 11 is 8.24. The number of nitrogens with one attached hydrogen (secondary N) is 2. The van der Waals surface area contributed by atoms with Crippen molar-refractivity contribution in [3.8, 4) is 0 Å². The number of hydrogen-bond acceptors (Lipinski definition) is 3. The van der Waals surface area contributed by atoms with Gasteiger partial charge in [0.05, 0.1) is 8.66 Å². The third-order valence-corrected chi connectivity index (χ3v) is 6.13. The zero-order chi connectivity index (χ0) is 12.3. The van der Waals surface area contributed by atoms with Crippen LogP contribution >= 0.6 is 43.2 Å². The maximum atomic E-state index is 11.9. The first-order valence-electron chi connectivity index (χ1n) is 5.60. The number of carbonyl (C=O) groups is 1. The van der Waals surface area contributed by atoms with E-state index < -0.39 is 0 Å². The molecule has 6 heteroatoms. The molecule has 0 spiro atoms. The average molecular weight is 382 g/mol. The molecule has 0 aromatic carbocycles. The molecule has 1 aromatic heterocycles. The van der Waals surface area contributed by atoms with Gasteiger partial charge in [-0.05, 0) is 69.8 Å². The van der Waals surface area contributed by atoms with Crippen molar-refractivity contribution < 1.29 is 4.79 Å². The first-order chi connectivity index (χ1) is 8.16. The number of rotatable bonds is 3. The summed E-state index contributed by atoms with van der Waals surface area (Å²) in [6.45, 7) is 2.92. The third kappa shape index (κ3) is 3.77. The van der Waals surface area contributed by atoms with Crippen LogP contribution < -0.4 is 10.6 Å². The molecule has 2 N–H and O–H groups in total. The summed E-state index contributed by atoms with van der Waals surface area (Å²) in [6.07, 6.45) is 2.30. The van der Waals surface area contributed by atoms with E-state index in [0.717, 1.165) is 45.6 Å². The number of amides is 1. The van der Waals surface area contributed by atoms with Crippen LogP contribution in [0, 0.1) is 5.92 Å². The highest BCUT2D eigenvalue weighted by molar-refractivity contribution is 9.13. The fourth-order valence-electron chi connectivity index (χ4n) is 1.87. The Bertz CT molecular complexity index is 383. The van der Waals surface area contributed by atoms with E-state index in [1.807, 2.05) is 6.07 Å². The predicted octanol–water partition coefficient (Wildman–Crippen LogP) is 3.00. The Kier molecular flexibility index (Phi) is 5.02. The van der Waals surface area contributed by atoms with Gasteiger partial charge >= 0.3 is 0 Å². The molecule has 0 atom stereocenters. The topological polar surface area (TPSA) is 41.1 Å². The van der Waals surface area contributed by atoms with Crippen molar-refractivity contribution in [2.24, 2.45) is 5.92 Å². The molecule has 1 aromatic rings. The number of carbonyl (C=O) groups excluding carboxylic acids is 1. The Labute approximate surface area is 122 Å². The normalized spacial score (nSPS) is 17.1. The maximum Gasteiger partial charge on any atom is 0.261 e. The second-order valence-electron chi connectivity index (χ2n) is 4.14. The van der Waals surface area contributed by atoms with E-state index in [4.69, 9.17) is 0 Å². The average Bonchev–Trinajstić information content (AvgIpc) is 2.68. The molecular weight excluding hydrogens is 368 g/mol. The van der Waals surface area contributed by atoms with E-state index in [9.17, 15) is 4.79 Å². The van der Waals surface area contributed by atoms with Gasteiger partial charge in [-0.2, -0.15) is 0 Å². The summed E-state index contributed by atoms with van der Waals surface area (Å²) in [5.74, 6) is 0.645. The van der Waals surface area contributed by atoms with Crippen molar-refractivity contribution >= 4 is 49.1 Å². The summed E-state index contributed by atoms with van der Waals surface area (Å²) in [6, 6.07) is 1.85. The minimum absolute atomic E-state index is 0.0277. The molecule has 0 bridgehead atoms. The van der Waals surface area contributed by atoms with E-state index in [1.165, 1.54) is 11.3 Å². The van der Waals surface area contributed by atoms with E-state index in [1.54, 1.807) is 0 Å². The van der Waals surface area contributed by atoms with Crippen LogP contribution in [-0.2, 0) is 0 Å². The fourth-order valence-corrected chi connectivity index (χ4v) is 3.82. The van der Waals surface area contributed by atoms with Crippen LogP contribution in [0.3, 0.4) is 0 Å². The van der Waals surface area contributed by atoms with Gasteiger partial charge < -0.3 is 10.6 Å². The van der Waals surface area contributed by atoms with Crippen molar-refractivity contribution in [2.45, 2.75) is 12.8 Å². The lowest BCUT2D eigenvalue weighted by atomic mass is 9.98. The molecule has 1 saturated heterocycles. The Morgan fingerprint density at radius 2 is 2.18 bits per heavy atom. The van der Waals surface area contributed by atoms with Gasteiger partial charge in [-0.25, -0.2) is 0 Å². The molecule has 0 unspecified atom stereocenters. The standard InChI is InChI=1S/C11H14Br2N2OS/c12-8-5-9(17-10(8)13)11(16)15-6-7-1-3-14-4-2-7/h5,7,14H,1-4,6H2,(H,15,16). The lowest BCUT2D eigenvalue weighted by molar-refractivity contribution is 0.0948. The highest BCUT2D eigenvalue weighted by Gasteiger charge is 2.16. The zero-order valence-electron chi connectivity index (χ0n) is 9.26. The molecule has 0 saturated carbocycles. The highest BCUT2D eigenvalue weighted by atomic mass is 79.9. The first kappa shape index (κ1) is 13.5.